The van der Waals surface area contributed by atoms with Gasteiger partial charge in [0, 0.05) is 31.1 Å². The summed E-state index contributed by atoms with van der Waals surface area (Å²) in [5.74, 6) is 0.0604. The summed E-state index contributed by atoms with van der Waals surface area (Å²) < 4.78 is 0. The number of aliphatic hydroxyl groups is 2. The highest BCUT2D eigenvalue weighted by Crippen LogP contribution is 2.22. The van der Waals surface area contributed by atoms with Gasteiger partial charge in [0.25, 0.3) is 0 Å². The van der Waals surface area contributed by atoms with E-state index in [4.69, 9.17) is 0 Å². The molecule has 0 unspecified atom stereocenters. The molecule has 1 amide bonds. The maximum absolute atomic E-state index is 12.2. The van der Waals surface area contributed by atoms with Gasteiger partial charge in [-0.1, -0.05) is 60.7 Å². The summed E-state index contributed by atoms with van der Waals surface area (Å²) in [6.45, 7) is 2.69. The molecule has 34 heavy (non-hydrogen) atoms. The first kappa shape index (κ1) is 25.4. The van der Waals surface area contributed by atoms with E-state index in [1.54, 1.807) is 12.1 Å². The predicted molar refractivity (Wildman–Crippen MR) is 133 cm³/mol. The van der Waals surface area contributed by atoms with Crippen LogP contribution < -0.4 is 10.6 Å². The second-order valence-corrected chi connectivity index (χ2v) is 8.66. The molecule has 0 radical (unpaired) electrons. The van der Waals surface area contributed by atoms with Crippen LogP contribution in [0, 0.1) is 0 Å². The van der Waals surface area contributed by atoms with Crippen LogP contribution >= 0.6 is 0 Å². The molecule has 0 aliphatic rings. The van der Waals surface area contributed by atoms with Gasteiger partial charge in [-0.25, -0.2) is 0 Å². The van der Waals surface area contributed by atoms with Gasteiger partial charge in [0.1, 0.15) is 5.75 Å². The van der Waals surface area contributed by atoms with Crippen LogP contribution in [0.25, 0.3) is 0 Å². The number of hydrogen-bond donors (Lipinski definition) is 5. The van der Waals surface area contributed by atoms with Crippen LogP contribution in [0.1, 0.15) is 47.3 Å². The van der Waals surface area contributed by atoms with Gasteiger partial charge in [0.2, 0.25) is 5.91 Å². The van der Waals surface area contributed by atoms with Gasteiger partial charge in [-0.2, -0.15) is 0 Å². The van der Waals surface area contributed by atoms with Crippen molar-refractivity contribution in [3.8, 4) is 5.75 Å². The Balaban J connectivity index is 1.43. The Labute approximate surface area is 201 Å². The lowest BCUT2D eigenvalue weighted by Gasteiger charge is -2.18. The van der Waals surface area contributed by atoms with Gasteiger partial charge >= 0.3 is 0 Å². The highest BCUT2D eigenvalue weighted by Gasteiger charge is 2.12. The maximum Gasteiger partial charge on any atom is 0.220 e. The maximum atomic E-state index is 12.2. The van der Waals surface area contributed by atoms with Gasteiger partial charge in [-0.05, 0) is 54.2 Å². The molecule has 0 aromatic heterocycles. The third-order valence-corrected chi connectivity index (χ3v) is 5.82. The van der Waals surface area contributed by atoms with E-state index in [0.29, 0.717) is 37.1 Å². The summed E-state index contributed by atoms with van der Waals surface area (Å²) in [5.41, 5.74) is 4.43. The van der Waals surface area contributed by atoms with Gasteiger partial charge in [-0.3, -0.25) is 4.79 Å². The number of nitrogens with one attached hydrogen (secondary N) is 2. The van der Waals surface area contributed by atoms with E-state index in [1.165, 1.54) is 11.6 Å². The molecule has 0 saturated carbocycles. The lowest BCUT2D eigenvalue weighted by Crippen LogP contribution is -2.32. The number of carbonyl (C=O) groups is 1. The third kappa shape index (κ3) is 7.99. The van der Waals surface area contributed by atoms with Crippen molar-refractivity contribution in [2.75, 3.05) is 6.54 Å². The Morgan fingerprint density at radius 1 is 0.941 bits per heavy atom. The van der Waals surface area contributed by atoms with E-state index >= 15 is 0 Å². The Morgan fingerprint density at radius 3 is 2.44 bits per heavy atom. The number of aromatic hydroxyl groups is 1. The average molecular weight is 463 g/mol. The molecule has 0 aliphatic carbocycles. The molecule has 5 N–H and O–H groups in total. The van der Waals surface area contributed by atoms with Crippen LogP contribution in [0.15, 0.2) is 72.8 Å². The zero-order valence-electron chi connectivity index (χ0n) is 19.6. The standard InChI is InChI=1S/C28H34N2O4/c1-20(29-18-27(33)24-11-12-26(32)25(16-24)19-31)14-23-9-5-8-21(15-23)10-13-28(34)30-17-22-6-3-2-4-7-22/h2-9,11-12,15-16,20,27,29,31-33H,10,13-14,17-19H2,1H3,(H,30,34)/t20-,27+/m1/s1. The normalized spacial score (nSPS) is 12.8. The average Bonchev–Trinajstić information content (AvgIpc) is 2.86. The van der Waals surface area contributed by atoms with Crippen molar-refractivity contribution in [3.63, 3.8) is 0 Å². The van der Waals surface area contributed by atoms with Crippen molar-refractivity contribution in [1.82, 2.24) is 10.6 Å². The van der Waals surface area contributed by atoms with Crippen molar-refractivity contribution in [1.29, 1.82) is 0 Å². The third-order valence-electron chi connectivity index (χ3n) is 5.82. The predicted octanol–water partition coefficient (Wildman–Crippen LogP) is 3.39. The van der Waals surface area contributed by atoms with E-state index in [-0.39, 0.29) is 24.3 Å². The minimum Gasteiger partial charge on any atom is -0.508 e. The number of carbonyl (C=O) groups excluding carboxylic acids is 1. The van der Waals surface area contributed by atoms with Crippen LogP contribution in [0.2, 0.25) is 0 Å². The molecule has 0 saturated heterocycles. The van der Waals surface area contributed by atoms with Crippen molar-refractivity contribution in [3.05, 3.63) is 101 Å². The molecule has 0 heterocycles. The molecule has 3 aromatic rings. The second-order valence-electron chi connectivity index (χ2n) is 8.66. The topological polar surface area (TPSA) is 102 Å². The number of amides is 1. The summed E-state index contributed by atoms with van der Waals surface area (Å²) in [6, 6.07) is 23.0. The minimum absolute atomic E-state index is 0.0216. The molecule has 180 valence electrons. The lowest BCUT2D eigenvalue weighted by atomic mass is 10.0. The number of benzene rings is 3. The molecule has 0 spiro atoms. The van der Waals surface area contributed by atoms with Crippen molar-refractivity contribution >= 4 is 5.91 Å². The largest absolute Gasteiger partial charge is 0.508 e. The summed E-state index contributed by atoms with van der Waals surface area (Å²) in [4.78, 5) is 12.2. The number of aryl methyl sites for hydroxylation is 1. The van der Waals surface area contributed by atoms with Gasteiger partial charge in [0.15, 0.2) is 0 Å². The highest BCUT2D eigenvalue weighted by atomic mass is 16.3. The van der Waals surface area contributed by atoms with E-state index in [9.17, 15) is 20.1 Å². The summed E-state index contributed by atoms with van der Waals surface area (Å²) >= 11 is 0. The van der Waals surface area contributed by atoms with E-state index in [2.05, 4.69) is 29.7 Å². The monoisotopic (exact) mass is 462 g/mol. The van der Waals surface area contributed by atoms with Crippen LogP contribution in [0.3, 0.4) is 0 Å². The number of aliphatic hydroxyl groups excluding tert-OH is 2. The highest BCUT2D eigenvalue weighted by molar-refractivity contribution is 5.76. The van der Waals surface area contributed by atoms with Crippen molar-refractivity contribution in [2.45, 2.75) is 51.5 Å². The Bertz CT molecular complexity index is 1060. The molecule has 3 aromatic carbocycles. The summed E-state index contributed by atoms with van der Waals surface area (Å²) in [5, 5.41) is 35.8. The fourth-order valence-electron chi connectivity index (χ4n) is 3.85. The minimum atomic E-state index is -0.742. The van der Waals surface area contributed by atoms with Gasteiger partial charge in [0.05, 0.1) is 12.7 Å². The molecular formula is C28H34N2O4. The number of hydrogen-bond acceptors (Lipinski definition) is 5. The molecule has 0 bridgehead atoms. The first-order chi connectivity index (χ1) is 16.4. The van der Waals surface area contributed by atoms with Gasteiger partial charge in [-0.15, -0.1) is 0 Å². The molecular weight excluding hydrogens is 428 g/mol. The van der Waals surface area contributed by atoms with E-state index < -0.39 is 6.10 Å². The SMILES string of the molecule is C[C@H](Cc1cccc(CCC(=O)NCc2ccccc2)c1)NC[C@H](O)c1ccc(O)c(CO)c1. The van der Waals surface area contributed by atoms with Crippen LogP contribution in [-0.4, -0.2) is 33.8 Å². The number of phenols is 1. The lowest BCUT2D eigenvalue weighted by molar-refractivity contribution is -0.121. The van der Waals surface area contributed by atoms with Crippen LogP contribution in [0.5, 0.6) is 5.75 Å². The van der Waals surface area contributed by atoms with E-state index in [0.717, 1.165) is 17.5 Å². The molecule has 0 fully saturated rings. The Morgan fingerprint density at radius 2 is 1.68 bits per heavy atom. The number of rotatable bonds is 12. The summed E-state index contributed by atoms with van der Waals surface area (Å²) in [7, 11) is 0. The van der Waals surface area contributed by atoms with Crippen molar-refractivity contribution < 1.29 is 20.1 Å². The van der Waals surface area contributed by atoms with Gasteiger partial charge < -0.3 is 26.0 Å². The Hall–Kier alpha value is -3.19. The second kappa shape index (κ2) is 12.9. The van der Waals surface area contributed by atoms with Crippen molar-refractivity contribution in [2.24, 2.45) is 0 Å². The van der Waals surface area contributed by atoms with Crippen LogP contribution in [-0.2, 0) is 30.8 Å². The molecule has 6 heteroatoms. The Kier molecular flexibility index (Phi) is 9.64. The zero-order valence-corrected chi connectivity index (χ0v) is 19.6. The van der Waals surface area contributed by atoms with E-state index in [1.807, 2.05) is 42.5 Å². The fraction of sp³-hybridized carbons (Fsp3) is 0.321. The quantitative estimate of drug-likeness (QED) is 0.284. The summed E-state index contributed by atoms with van der Waals surface area (Å²) in [6.07, 6.45) is 1.18. The zero-order chi connectivity index (χ0) is 24.3. The first-order valence-electron chi connectivity index (χ1n) is 11.7. The molecule has 2 atom stereocenters. The molecule has 3 rings (SSSR count). The molecule has 0 aliphatic heterocycles. The fourth-order valence-corrected chi connectivity index (χ4v) is 3.85. The van der Waals surface area contributed by atoms with Crippen LogP contribution in [0.4, 0.5) is 0 Å². The first-order valence-corrected chi connectivity index (χ1v) is 11.7. The smallest absolute Gasteiger partial charge is 0.220 e. The molecule has 6 nitrogen and oxygen atoms in total.